The molecule has 160 valence electrons. The molecule has 3 aromatic rings. The van der Waals surface area contributed by atoms with Gasteiger partial charge in [0.05, 0.1) is 39.1 Å². The number of carbonyl (C=O) groups is 1. The van der Waals surface area contributed by atoms with Gasteiger partial charge in [0, 0.05) is 44.4 Å². The van der Waals surface area contributed by atoms with Crippen LogP contribution in [-0.2, 0) is 11.3 Å². The molecule has 0 unspecified atom stereocenters. The molecule has 1 aliphatic heterocycles. The minimum absolute atomic E-state index is 0.224. The molecule has 0 saturated carbocycles. The van der Waals surface area contributed by atoms with Crippen LogP contribution >= 0.6 is 35.4 Å². The van der Waals surface area contributed by atoms with Crippen molar-refractivity contribution < 1.29 is 9.53 Å². The molecule has 4 rings (SSSR count). The second-order valence-corrected chi connectivity index (χ2v) is 8.35. The molecular formula is C22H20Cl2N4O2S. The number of benzene rings is 2. The van der Waals surface area contributed by atoms with Crippen molar-refractivity contribution in [3.8, 4) is 0 Å². The van der Waals surface area contributed by atoms with Gasteiger partial charge < -0.3 is 19.9 Å². The second-order valence-electron chi connectivity index (χ2n) is 7.17. The summed E-state index contributed by atoms with van der Waals surface area (Å²) in [5.41, 5.74) is 3.29. The number of likely N-dealkylation sites (N-methyl/N-ethyl adjacent to an activating group) is 1. The zero-order valence-corrected chi connectivity index (χ0v) is 19.3. The van der Waals surface area contributed by atoms with Crippen molar-refractivity contribution in [2.75, 3.05) is 37.5 Å². The standard InChI is InChI=1S/C22H20Cl2N4O2S/c1-27-9-10-28(22(27)31)20-13(12-30-2)11-25-19-14(20)5-3-8-17(19)26-21(29)18-15(23)6-4-7-16(18)24/h3-8,11H,9-10,12H2,1-2H3,(H,26,29). The van der Waals surface area contributed by atoms with Gasteiger partial charge in [0.2, 0.25) is 0 Å². The third-order valence-corrected chi connectivity index (χ3v) is 6.33. The molecule has 1 N–H and O–H groups in total. The predicted molar refractivity (Wildman–Crippen MR) is 129 cm³/mol. The lowest BCUT2D eigenvalue weighted by atomic mass is 10.1. The number of halogens is 2. The third kappa shape index (κ3) is 4.06. The van der Waals surface area contributed by atoms with Crippen LogP contribution in [0.4, 0.5) is 11.4 Å². The van der Waals surface area contributed by atoms with E-state index in [0.29, 0.717) is 17.8 Å². The minimum Gasteiger partial charge on any atom is -0.380 e. The average molecular weight is 475 g/mol. The molecule has 2 aromatic carbocycles. The summed E-state index contributed by atoms with van der Waals surface area (Å²) in [6.07, 6.45) is 1.76. The van der Waals surface area contributed by atoms with E-state index >= 15 is 0 Å². The summed E-state index contributed by atoms with van der Waals surface area (Å²) in [7, 11) is 3.62. The van der Waals surface area contributed by atoms with Crippen LogP contribution in [0.25, 0.3) is 10.9 Å². The maximum absolute atomic E-state index is 12.9. The van der Waals surface area contributed by atoms with Crippen LogP contribution in [0, 0.1) is 0 Å². The van der Waals surface area contributed by atoms with Crippen molar-refractivity contribution in [2.24, 2.45) is 0 Å². The molecular weight excluding hydrogens is 455 g/mol. The van der Waals surface area contributed by atoms with E-state index in [0.717, 1.165) is 34.8 Å². The van der Waals surface area contributed by atoms with E-state index in [4.69, 9.17) is 40.2 Å². The number of nitrogens with zero attached hydrogens (tertiary/aromatic N) is 3. The first-order chi connectivity index (χ1) is 14.9. The lowest BCUT2D eigenvalue weighted by Crippen LogP contribution is -2.30. The number of methoxy groups -OCH3 is 1. The SMILES string of the molecule is COCc1cnc2c(NC(=O)c3c(Cl)cccc3Cl)cccc2c1N1CCN(C)C1=S. The molecule has 1 amide bonds. The summed E-state index contributed by atoms with van der Waals surface area (Å²) in [6, 6.07) is 10.6. The molecule has 1 saturated heterocycles. The number of carbonyl (C=O) groups excluding carboxylic acids is 1. The number of hydrogen-bond donors (Lipinski definition) is 1. The Morgan fingerprint density at radius 1 is 1.19 bits per heavy atom. The summed E-state index contributed by atoms with van der Waals surface area (Å²) >= 11 is 18.0. The molecule has 6 nitrogen and oxygen atoms in total. The number of rotatable bonds is 5. The average Bonchev–Trinajstić information content (AvgIpc) is 3.06. The molecule has 0 atom stereocenters. The highest BCUT2D eigenvalue weighted by Crippen LogP contribution is 2.36. The first-order valence-corrected chi connectivity index (χ1v) is 10.8. The topological polar surface area (TPSA) is 57.7 Å². The zero-order valence-electron chi connectivity index (χ0n) is 17.0. The number of thiocarbonyl (C=S) groups is 1. The number of para-hydroxylation sites is 1. The van der Waals surface area contributed by atoms with Gasteiger partial charge in [-0.2, -0.15) is 0 Å². The van der Waals surface area contributed by atoms with Gasteiger partial charge in [-0.3, -0.25) is 9.78 Å². The fourth-order valence-corrected chi connectivity index (χ4v) is 4.53. The molecule has 0 bridgehead atoms. The molecule has 31 heavy (non-hydrogen) atoms. The summed E-state index contributed by atoms with van der Waals surface area (Å²) in [5, 5.41) is 5.09. The number of amides is 1. The Morgan fingerprint density at radius 3 is 2.55 bits per heavy atom. The van der Waals surface area contributed by atoms with Crippen molar-refractivity contribution in [3.05, 3.63) is 63.8 Å². The van der Waals surface area contributed by atoms with Gasteiger partial charge in [-0.15, -0.1) is 0 Å². The highest BCUT2D eigenvalue weighted by molar-refractivity contribution is 7.80. The van der Waals surface area contributed by atoms with Crippen LogP contribution < -0.4 is 10.2 Å². The number of aromatic nitrogens is 1. The van der Waals surface area contributed by atoms with Crippen LogP contribution in [0.1, 0.15) is 15.9 Å². The van der Waals surface area contributed by atoms with Crippen LogP contribution in [0.5, 0.6) is 0 Å². The Balaban J connectivity index is 1.81. The number of nitrogens with one attached hydrogen (secondary N) is 1. The molecule has 0 radical (unpaired) electrons. The Kier molecular flexibility index (Phi) is 6.29. The lowest BCUT2D eigenvalue weighted by molar-refractivity contribution is 0.102. The molecule has 0 aliphatic carbocycles. The van der Waals surface area contributed by atoms with E-state index in [9.17, 15) is 4.79 Å². The van der Waals surface area contributed by atoms with Gasteiger partial charge in [-0.1, -0.05) is 41.4 Å². The van der Waals surface area contributed by atoms with Gasteiger partial charge in [0.15, 0.2) is 5.11 Å². The van der Waals surface area contributed by atoms with Gasteiger partial charge in [0.1, 0.15) is 0 Å². The van der Waals surface area contributed by atoms with Gasteiger partial charge in [-0.05, 0) is 30.4 Å². The molecule has 2 heterocycles. The van der Waals surface area contributed by atoms with Crippen molar-refractivity contribution in [1.29, 1.82) is 0 Å². The first kappa shape index (κ1) is 21.8. The fourth-order valence-electron chi connectivity index (χ4n) is 3.69. The first-order valence-electron chi connectivity index (χ1n) is 9.60. The quantitative estimate of drug-likeness (QED) is 0.526. The van der Waals surface area contributed by atoms with Crippen molar-refractivity contribution in [3.63, 3.8) is 0 Å². The third-order valence-electron chi connectivity index (χ3n) is 5.17. The summed E-state index contributed by atoms with van der Waals surface area (Å²) in [5.74, 6) is -0.399. The van der Waals surface area contributed by atoms with Crippen molar-refractivity contribution >= 4 is 68.7 Å². The molecule has 1 aromatic heterocycles. The predicted octanol–water partition coefficient (Wildman–Crippen LogP) is 4.98. The Morgan fingerprint density at radius 2 is 1.90 bits per heavy atom. The number of pyridine rings is 1. The molecule has 1 aliphatic rings. The number of fused-ring (bicyclic) bond motifs is 1. The van der Waals surface area contributed by atoms with Gasteiger partial charge in [-0.25, -0.2) is 0 Å². The van der Waals surface area contributed by atoms with E-state index in [1.54, 1.807) is 37.6 Å². The van der Waals surface area contributed by atoms with E-state index in [2.05, 4.69) is 15.2 Å². The van der Waals surface area contributed by atoms with Crippen molar-refractivity contribution in [1.82, 2.24) is 9.88 Å². The van der Waals surface area contributed by atoms with Crippen molar-refractivity contribution in [2.45, 2.75) is 6.61 Å². The Labute approximate surface area is 195 Å². The van der Waals surface area contributed by atoms with Crippen LogP contribution in [0.3, 0.4) is 0 Å². The molecule has 9 heteroatoms. The highest BCUT2D eigenvalue weighted by Gasteiger charge is 2.27. The van der Waals surface area contributed by atoms with E-state index in [1.165, 1.54) is 0 Å². The summed E-state index contributed by atoms with van der Waals surface area (Å²) < 4.78 is 5.40. The maximum Gasteiger partial charge on any atom is 0.258 e. The van der Waals surface area contributed by atoms with Crippen LogP contribution in [0.2, 0.25) is 10.0 Å². The van der Waals surface area contributed by atoms with Gasteiger partial charge in [0.25, 0.3) is 5.91 Å². The zero-order chi connectivity index (χ0) is 22.1. The second kappa shape index (κ2) is 8.96. The van der Waals surface area contributed by atoms with Crippen LogP contribution in [0.15, 0.2) is 42.6 Å². The Bertz CT molecular complexity index is 1170. The monoisotopic (exact) mass is 474 g/mol. The van der Waals surface area contributed by atoms with E-state index < -0.39 is 5.91 Å². The normalized spacial score (nSPS) is 13.9. The highest BCUT2D eigenvalue weighted by atomic mass is 35.5. The Hall–Kier alpha value is -2.45. The smallest absolute Gasteiger partial charge is 0.258 e. The van der Waals surface area contributed by atoms with Crippen LogP contribution in [-0.4, -0.2) is 48.2 Å². The summed E-state index contributed by atoms with van der Waals surface area (Å²) in [6.45, 7) is 1.99. The molecule has 1 fully saturated rings. The largest absolute Gasteiger partial charge is 0.380 e. The van der Waals surface area contributed by atoms with Gasteiger partial charge >= 0.3 is 0 Å². The maximum atomic E-state index is 12.9. The molecule has 0 spiro atoms. The minimum atomic E-state index is -0.399. The van der Waals surface area contributed by atoms with E-state index in [1.807, 2.05) is 24.1 Å². The fraction of sp³-hybridized carbons (Fsp3) is 0.227. The summed E-state index contributed by atoms with van der Waals surface area (Å²) in [4.78, 5) is 21.7. The lowest BCUT2D eigenvalue weighted by Gasteiger charge is -2.24. The number of hydrogen-bond acceptors (Lipinski definition) is 4. The number of ether oxygens (including phenoxy) is 1. The van der Waals surface area contributed by atoms with E-state index in [-0.39, 0.29) is 15.6 Å². The number of anilines is 2.